The van der Waals surface area contributed by atoms with Gasteiger partial charge < -0.3 is 9.42 Å². The highest BCUT2D eigenvalue weighted by atomic mass is 35.5. The lowest BCUT2D eigenvalue weighted by molar-refractivity contribution is 0.0547. The van der Waals surface area contributed by atoms with Crippen LogP contribution in [0.25, 0.3) is 11.4 Å². The second-order valence-electron chi connectivity index (χ2n) is 6.95. The van der Waals surface area contributed by atoms with Gasteiger partial charge in [0.1, 0.15) is 5.82 Å². The number of halogens is 2. The van der Waals surface area contributed by atoms with Crippen molar-refractivity contribution in [1.29, 1.82) is 0 Å². The van der Waals surface area contributed by atoms with Crippen molar-refractivity contribution in [3.05, 3.63) is 70.8 Å². The van der Waals surface area contributed by atoms with Crippen molar-refractivity contribution in [3.63, 3.8) is 0 Å². The third kappa shape index (κ3) is 4.16. The van der Waals surface area contributed by atoms with Crippen LogP contribution in [0.3, 0.4) is 0 Å². The molecule has 3 aromatic rings. The van der Waals surface area contributed by atoms with Gasteiger partial charge >= 0.3 is 0 Å². The van der Waals surface area contributed by atoms with Gasteiger partial charge in [0.05, 0.1) is 11.6 Å². The summed E-state index contributed by atoms with van der Waals surface area (Å²) in [5.74, 6) is 0.167. The highest BCUT2D eigenvalue weighted by Crippen LogP contribution is 2.24. The van der Waals surface area contributed by atoms with Crippen LogP contribution in [0, 0.1) is 5.82 Å². The topological polar surface area (TPSA) is 62.5 Å². The molecule has 1 saturated heterocycles. The normalized spacial score (nSPS) is 16.0. The Balaban J connectivity index is 1.39. The van der Waals surface area contributed by atoms with Crippen molar-refractivity contribution in [1.82, 2.24) is 19.9 Å². The predicted molar refractivity (Wildman–Crippen MR) is 107 cm³/mol. The van der Waals surface area contributed by atoms with E-state index in [1.54, 1.807) is 4.90 Å². The molecule has 1 aliphatic heterocycles. The summed E-state index contributed by atoms with van der Waals surface area (Å²) < 4.78 is 19.5. The summed E-state index contributed by atoms with van der Waals surface area (Å²) in [6, 6.07) is 13.7. The maximum Gasteiger partial charge on any atom is 0.256 e. The van der Waals surface area contributed by atoms with E-state index in [-0.39, 0.29) is 22.5 Å². The Morgan fingerprint density at radius 3 is 2.55 bits per heavy atom. The van der Waals surface area contributed by atoms with Gasteiger partial charge in [0, 0.05) is 36.8 Å². The summed E-state index contributed by atoms with van der Waals surface area (Å²) in [5.41, 5.74) is 0.940. The Labute approximate surface area is 172 Å². The number of piperazine rings is 1. The zero-order chi connectivity index (χ0) is 20.4. The van der Waals surface area contributed by atoms with E-state index in [0.29, 0.717) is 37.9 Å². The minimum atomic E-state index is -0.599. The fourth-order valence-electron chi connectivity index (χ4n) is 3.41. The molecule has 0 aliphatic carbocycles. The summed E-state index contributed by atoms with van der Waals surface area (Å²) in [6.45, 7) is 4.24. The number of carbonyl (C=O) groups excluding carboxylic acids is 1. The first-order valence-electron chi connectivity index (χ1n) is 9.40. The van der Waals surface area contributed by atoms with Crippen molar-refractivity contribution in [3.8, 4) is 11.4 Å². The quantitative estimate of drug-likeness (QED) is 0.644. The Bertz CT molecular complexity index is 1000. The molecular weight excluding hydrogens is 395 g/mol. The number of benzene rings is 2. The number of nitrogens with zero attached hydrogens (tertiary/aromatic N) is 4. The molecule has 0 spiro atoms. The van der Waals surface area contributed by atoms with Gasteiger partial charge in [0.25, 0.3) is 5.91 Å². The minimum Gasteiger partial charge on any atom is -0.337 e. The van der Waals surface area contributed by atoms with Crippen molar-refractivity contribution < 1.29 is 13.7 Å². The van der Waals surface area contributed by atoms with Gasteiger partial charge in [-0.3, -0.25) is 9.69 Å². The molecule has 1 fully saturated rings. The summed E-state index contributed by atoms with van der Waals surface area (Å²) >= 11 is 5.77. The zero-order valence-electron chi connectivity index (χ0n) is 15.9. The molecule has 8 heteroatoms. The molecule has 0 N–H and O–H groups in total. The highest BCUT2D eigenvalue weighted by molar-refractivity contribution is 6.30. The number of carbonyl (C=O) groups is 1. The third-order valence-corrected chi connectivity index (χ3v) is 5.38. The van der Waals surface area contributed by atoms with Gasteiger partial charge in [-0.05, 0) is 25.1 Å². The van der Waals surface area contributed by atoms with E-state index in [1.807, 2.05) is 37.3 Å². The van der Waals surface area contributed by atoms with Crippen molar-refractivity contribution >= 4 is 17.5 Å². The maximum atomic E-state index is 14.1. The number of amides is 1. The Morgan fingerprint density at radius 2 is 1.86 bits per heavy atom. The monoisotopic (exact) mass is 414 g/mol. The van der Waals surface area contributed by atoms with Crippen LogP contribution in [-0.4, -0.2) is 52.0 Å². The van der Waals surface area contributed by atoms with Crippen LogP contribution in [-0.2, 0) is 0 Å². The van der Waals surface area contributed by atoms with Crippen LogP contribution in [0.15, 0.2) is 53.1 Å². The fourth-order valence-corrected chi connectivity index (χ4v) is 3.57. The van der Waals surface area contributed by atoms with Crippen molar-refractivity contribution in [2.24, 2.45) is 0 Å². The third-order valence-electron chi connectivity index (χ3n) is 5.14. The SMILES string of the molecule is CC(c1nc(-c2ccccc2)no1)N1CCN(C(=O)c2ccc(Cl)cc2F)CC1. The number of aromatic nitrogens is 2. The molecule has 1 atom stereocenters. The molecule has 1 aromatic heterocycles. The molecule has 0 saturated carbocycles. The largest absolute Gasteiger partial charge is 0.337 e. The van der Waals surface area contributed by atoms with E-state index in [2.05, 4.69) is 15.0 Å². The first-order chi connectivity index (χ1) is 14.0. The van der Waals surface area contributed by atoms with E-state index in [4.69, 9.17) is 16.1 Å². The molecule has 2 heterocycles. The van der Waals surface area contributed by atoms with Crippen molar-refractivity contribution in [2.75, 3.05) is 26.2 Å². The molecule has 1 unspecified atom stereocenters. The summed E-state index contributed by atoms with van der Waals surface area (Å²) in [5, 5.41) is 4.34. The average molecular weight is 415 g/mol. The summed E-state index contributed by atoms with van der Waals surface area (Å²) in [7, 11) is 0. The molecule has 29 heavy (non-hydrogen) atoms. The van der Waals surface area contributed by atoms with Gasteiger partial charge in [-0.15, -0.1) is 0 Å². The lowest BCUT2D eigenvalue weighted by Gasteiger charge is -2.36. The molecule has 0 bridgehead atoms. The molecule has 1 amide bonds. The second-order valence-corrected chi connectivity index (χ2v) is 7.39. The number of hydrogen-bond donors (Lipinski definition) is 0. The van der Waals surface area contributed by atoms with Gasteiger partial charge in [-0.2, -0.15) is 4.98 Å². The van der Waals surface area contributed by atoms with E-state index in [9.17, 15) is 9.18 Å². The molecule has 6 nitrogen and oxygen atoms in total. The van der Waals surface area contributed by atoms with Crippen LogP contribution in [0.2, 0.25) is 5.02 Å². The molecule has 0 radical (unpaired) electrons. The van der Waals surface area contributed by atoms with Crippen LogP contribution in [0.5, 0.6) is 0 Å². The van der Waals surface area contributed by atoms with Gasteiger partial charge in [0.2, 0.25) is 11.7 Å². The van der Waals surface area contributed by atoms with Crippen LogP contribution in [0.1, 0.15) is 29.2 Å². The molecule has 1 aliphatic rings. The average Bonchev–Trinajstić information content (AvgIpc) is 3.24. The van der Waals surface area contributed by atoms with Crippen LogP contribution < -0.4 is 0 Å². The Morgan fingerprint density at radius 1 is 1.14 bits per heavy atom. The predicted octanol–water partition coefficient (Wildman–Crippen LogP) is 4.05. The first-order valence-corrected chi connectivity index (χ1v) is 9.78. The number of hydrogen-bond acceptors (Lipinski definition) is 5. The van der Waals surface area contributed by atoms with Crippen LogP contribution in [0.4, 0.5) is 4.39 Å². The summed E-state index contributed by atoms with van der Waals surface area (Å²) in [6.07, 6.45) is 0. The maximum absolute atomic E-state index is 14.1. The standard InChI is InChI=1S/C21H20ClFN4O2/c1-14(20-24-19(25-29-20)15-5-3-2-4-6-15)26-9-11-27(12-10-26)21(28)17-8-7-16(22)13-18(17)23/h2-8,13-14H,9-12H2,1H3. The lowest BCUT2D eigenvalue weighted by atomic mass is 10.1. The van der Waals surface area contributed by atoms with E-state index in [1.165, 1.54) is 12.1 Å². The number of rotatable bonds is 4. The molecule has 4 rings (SSSR count). The van der Waals surface area contributed by atoms with Gasteiger partial charge in [-0.25, -0.2) is 4.39 Å². The molecular formula is C21H20ClFN4O2. The van der Waals surface area contributed by atoms with E-state index >= 15 is 0 Å². The second kappa shape index (κ2) is 8.31. The zero-order valence-corrected chi connectivity index (χ0v) is 16.6. The van der Waals surface area contributed by atoms with Crippen molar-refractivity contribution in [2.45, 2.75) is 13.0 Å². The minimum absolute atomic E-state index is 0.0419. The molecule has 150 valence electrons. The molecule has 2 aromatic carbocycles. The van der Waals surface area contributed by atoms with Gasteiger partial charge in [0.15, 0.2) is 0 Å². The Hall–Kier alpha value is -2.77. The first kappa shape index (κ1) is 19.5. The smallest absolute Gasteiger partial charge is 0.256 e. The fraction of sp³-hybridized carbons (Fsp3) is 0.286. The van der Waals surface area contributed by atoms with E-state index in [0.717, 1.165) is 11.6 Å². The lowest BCUT2D eigenvalue weighted by Crippen LogP contribution is -2.49. The van der Waals surface area contributed by atoms with Crippen LogP contribution >= 0.6 is 11.6 Å². The highest BCUT2D eigenvalue weighted by Gasteiger charge is 2.29. The Kier molecular flexibility index (Phi) is 5.60. The summed E-state index contributed by atoms with van der Waals surface area (Å²) in [4.78, 5) is 21.0. The van der Waals surface area contributed by atoms with E-state index < -0.39 is 5.82 Å². The van der Waals surface area contributed by atoms with Gasteiger partial charge in [-0.1, -0.05) is 47.1 Å².